The molecule has 2 heterocycles. The fraction of sp³-hybridized carbons (Fsp3) is 0.944. The Bertz CT molecular complexity index is 365. The third-order valence-corrected chi connectivity index (χ3v) is 5.94. The van der Waals surface area contributed by atoms with Gasteiger partial charge in [0.15, 0.2) is 0 Å². The van der Waals surface area contributed by atoms with E-state index in [0.29, 0.717) is 0 Å². The fourth-order valence-electron chi connectivity index (χ4n) is 4.30. The van der Waals surface area contributed by atoms with Crippen LogP contribution in [0.1, 0.15) is 58.8 Å². The second-order valence-electron chi connectivity index (χ2n) is 7.83. The highest BCUT2D eigenvalue weighted by Gasteiger charge is 2.33. The lowest BCUT2D eigenvalue weighted by molar-refractivity contribution is -0.127. The molecule has 0 bridgehead atoms. The molecule has 0 atom stereocenters. The summed E-state index contributed by atoms with van der Waals surface area (Å²) in [6, 6.07) is 1.94. The number of hydrogen-bond donors (Lipinski definition) is 1. The van der Waals surface area contributed by atoms with Crippen LogP contribution in [0.15, 0.2) is 0 Å². The van der Waals surface area contributed by atoms with Gasteiger partial charge in [0.25, 0.3) is 0 Å². The van der Waals surface area contributed by atoms with Crippen LogP contribution in [0.3, 0.4) is 0 Å². The first-order valence-electron chi connectivity index (χ1n) is 9.42. The van der Waals surface area contributed by atoms with Crippen LogP contribution in [0.2, 0.25) is 0 Å². The van der Waals surface area contributed by atoms with E-state index in [4.69, 9.17) is 0 Å². The lowest BCUT2D eigenvalue weighted by Crippen LogP contribution is -2.52. The summed E-state index contributed by atoms with van der Waals surface area (Å²) in [5, 5.41) is 3.07. The van der Waals surface area contributed by atoms with E-state index in [1.807, 2.05) is 13.8 Å². The maximum atomic E-state index is 12.1. The molecular weight excluding hydrogens is 274 g/mol. The van der Waals surface area contributed by atoms with Crippen molar-refractivity contribution in [3.63, 3.8) is 0 Å². The van der Waals surface area contributed by atoms with Crippen LogP contribution in [0.25, 0.3) is 0 Å². The topological polar surface area (TPSA) is 35.6 Å². The third-order valence-electron chi connectivity index (χ3n) is 5.94. The molecule has 0 aromatic heterocycles. The quantitative estimate of drug-likeness (QED) is 0.865. The number of carbonyl (C=O) groups is 1. The summed E-state index contributed by atoms with van der Waals surface area (Å²) in [7, 11) is 0. The number of nitrogens with zero attached hydrogens (tertiary/aromatic N) is 2. The molecule has 1 aliphatic carbocycles. The van der Waals surface area contributed by atoms with E-state index in [1.54, 1.807) is 0 Å². The number of likely N-dealkylation sites (tertiary alicyclic amines) is 2. The van der Waals surface area contributed by atoms with Gasteiger partial charge in [0.2, 0.25) is 5.91 Å². The second-order valence-corrected chi connectivity index (χ2v) is 7.83. The predicted molar refractivity (Wildman–Crippen MR) is 89.8 cm³/mol. The van der Waals surface area contributed by atoms with Crippen LogP contribution in [0, 0.1) is 5.92 Å². The molecule has 0 radical (unpaired) electrons. The number of rotatable bonds is 4. The molecule has 4 nitrogen and oxygen atoms in total. The summed E-state index contributed by atoms with van der Waals surface area (Å²) >= 11 is 0. The molecule has 1 N–H and O–H groups in total. The van der Waals surface area contributed by atoms with Crippen LogP contribution in [0.4, 0.5) is 0 Å². The summed E-state index contributed by atoms with van der Waals surface area (Å²) in [6.45, 7) is 8.91. The summed E-state index contributed by atoms with van der Waals surface area (Å²) in [5.41, 5.74) is 0. The highest BCUT2D eigenvalue weighted by atomic mass is 16.1. The van der Waals surface area contributed by atoms with Crippen molar-refractivity contribution in [2.45, 2.75) is 76.9 Å². The van der Waals surface area contributed by atoms with Crippen LogP contribution in [-0.2, 0) is 4.79 Å². The van der Waals surface area contributed by atoms with Crippen molar-refractivity contribution in [2.75, 3.05) is 26.2 Å². The largest absolute Gasteiger partial charge is 0.354 e. The van der Waals surface area contributed by atoms with Gasteiger partial charge in [-0.1, -0.05) is 6.42 Å². The van der Waals surface area contributed by atoms with Crippen LogP contribution >= 0.6 is 0 Å². The minimum Gasteiger partial charge on any atom is -0.354 e. The fourth-order valence-corrected chi connectivity index (χ4v) is 4.30. The molecule has 3 fully saturated rings. The maximum absolute atomic E-state index is 12.1. The van der Waals surface area contributed by atoms with Crippen molar-refractivity contribution < 1.29 is 4.79 Å². The normalized spacial score (nSPS) is 27.0. The van der Waals surface area contributed by atoms with Crippen molar-refractivity contribution in [2.24, 2.45) is 5.92 Å². The van der Waals surface area contributed by atoms with E-state index in [1.165, 1.54) is 45.2 Å². The van der Waals surface area contributed by atoms with Crippen LogP contribution in [-0.4, -0.2) is 60.0 Å². The number of hydrogen-bond acceptors (Lipinski definition) is 3. The standard InChI is InChI=1S/C18H33N3O/c1-14(2)19-18(22)15-6-10-20(11-7-15)17-8-12-21(13-9-17)16-4-3-5-16/h14-17H,3-13H2,1-2H3,(H,19,22). The van der Waals surface area contributed by atoms with Crippen molar-refractivity contribution in [3.05, 3.63) is 0 Å². The average molecular weight is 307 g/mol. The van der Waals surface area contributed by atoms with Crippen LogP contribution < -0.4 is 5.32 Å². The minimum absolute atomic E-state index is 0.244. The lowest BCUT2D eigenvalue weighted by atomic mass is 9.88. The van der Waals surface area contributed by atoms with Gasteiger partial charge in [0.05, 0.1) is 0 Å². The van der Waals surface area contributed by atoms with Gasteiger partial charge in [-0.05, 0) is 78.6 Å². The predicted octanol–water partition coefficient (Wildman–Crippen LogP) is 2.24. The van der Waals surface area contributed by atoms with E-state index >= 15 is 0 Å². The van der Waals surface area contributed by atoms with Crippen LogP contribution in [0.5, 0.6) is 0 Å². The Morgan fingerprint density at radius 2 is 1.36 bits per heavy atom. The van der Waals surface area contributed by atoms with Gasteiger partial charge in [-0.2, -0.15) is 0 Å². The Labute approximate surface area is 135 Å². The van der Waals surface area contributed by atoms with Gasteiger partial charge >= 0.3 is 0 Å². The van der Waals surface area contributed by atoms with E-state index in [-0.39, 0.29) is 17.9 Å². The van der Waals surface area contributed by atoms with Crippen molar-refractivity contribution in [3.8, 4) is 0 Å². The zero-order chi connectivity index (χ0) is 15.5. The summed E-state index contributed by atoms with van der Waals surface area (Å²) in [6.07, 6.45) is 9.06. The summed E-state index contributed by atoms with van der Waals surface area (Å²) < 4.78 is 0. The molecule has 2 saturated heterocycles. The summed E-state index contributed by atoms with van der Waals surface area (Å²) in [4.78, 5) is 17.5. The van der Waals surface area contributed by atoms with Crippen molar-refractivity contribution in [1.82, 2.24) is 15.1 Å². The van der Waals surface area contributed by atoms with Crippen molar-refractivity contribution in [1.29, 1.82) is 0 Å². The molecule has 4 heteroatoms. The van der Waals surface area contributed by atoms with E-state index < -0.39 is 0 Å². The SMILES string of the molecule is CC(C)NC(=O)C1CCN(C2CCN(C3CCC3)CC2)CC1. The number of carbonyl (C=O) groups excluding carboxylic acids is 1. The van der Waals surface area contributed by atoms with E-state index in [2.05, 4.69) is 15.1 Å². The Hall–Kier alpha value is -0.610. The molecule has 3 rings (SSSR count). The Morgan fingerprint density at radius 3 is 1.82 bits per heavy atom. The first kappa shape index (κ1) is 16.3. The number of nitrogens with one attached hydrogen (secondary N) is 1. The number of piperidine rings is 2. The lowest BCUT2D eigenvalue weighted by Gasteiger charge is -2.45. The molecular formula is C18H33N3O. The van der Waals surface area contributed by atoms with Gasteiger partial charge in [0.1, 0.15) is 0 Å². The maximum Gasteiger partial charge on any atom is 0.223 e. The molecule has 1 saturated carbocycles. The van der Waals surface area contributed by atoms with Gasteiger partial charge in [-0.25, -0.2) is 0 Å². The molecule has 2 aliphatic heterocycles. The van der Waals surface area contributed by atoms with E-state index in [0.717, 1.165) is 38.0 Å². The highest BCUT2D eigenvalue weighted by molar-refractivity contribution is 5.78. The second kappa shape index (κ2) is 7.31. The zero-order valence-corrected chi connectivity index (χ0v) is 14.4. The minimum atomic E-state index is 0.244. The molecule has 3 aliphatic rings. The molecule has 1 amide bonds. The molecule has 0 aromatic rings. The monoisotopic (exact) mass is 307 g/mol. The van der Waals surface area contributed by atoms with E-state index in [9.17, 15) is 4.79 Å². The third kappa shape index (κ3) is 3.83. The Kier molecular flexibility index (Phi) is 5.40. The Morgan fingerprint density at radius 1 is 0.864 bits per heavy atom. The average Bonchev–Trinajstić information content (AvgIpc) is 2.46. The first-order valence-corrected chi connectivity index (χ1v) is 9.42. The molecule has 22 heavy (non-hydrogen) atoms. The highest BCUT2D eigenvalue weighted by Crippen LogP contribution is 2.30. The van der Waals surface area contributed by atoms with Gasteiger partial charge in [-0.3, -0.25) is 4.79 Å². The first-order chi connectivity index (χ1) is 10.6. The smallest absolute Gasteiger partial charge is 0.223 e. The van der Waals surface area contributed by atoms with Gasteiger partial charge < -0.3 is 15.1 Å². The molecule has 0 unspecified atom stereocenters. The number of amides is 1. The summed E-state index contributed by atoms with van der Waals surface area (Å²) in [5.74, 6) is 0.517. The van der Waals surface area contributed by atoms with Gasteiger partial charge in [-0.15, -0.1) is 0 Å². The van der Waals surface area contributed by atoms with Crippen molar-refractivity contribution >= 4 is 5.91 Å². The molecule has 126 valence electrons. The zero-order valence-electron chi connectivity index (χ0n) is 14.4. The molecule has 0 spiro atoms. The molecule has 0 aromatic carbocycles. The Balaban J connectivity index is 1.39. The van der Waals surface area contributed by atoms with Gasteiger partial charge in [0, 0.05) is 24.0 Å².